The number of aliphatic hydroxyl groups is 11. The van der Waals surface area contributed by atoms with Gasteiger partial charge in [-0.15, -0.1) is 0 Å². The van der Waals surface area contributed by atoms with E-state index in [1.165, 1.54) is 135 Å². The fourth-order valence-corrected chi connectivity index (χ4v) is 9.63. The fraction of sp³-hybridized carbons (Fsp3) is 0.980. The number of carbonyl (C=O) groups is 1. The number of ether oxygens (including phenoxy) is 6. The zero-order valence-electron chi connectivity index (χ0n) is 42.5. The first-order valence-corrected chi connectivity index (χ1v) is 27.3. The van der Waals surface area contributed by atoms with Crippen molar-refractivity contribution >= 4 is 5.91 Å². The summed E-state index contributed by atoms with van der Waals surface area (Å²) in [5.41, 5.74) is 0. The summed E-state index contributed by atoms with van der Waals surface area (Å²) in [6.07, 6.45) is 6.46. The topological polar surface area (TPSA) is 307 Å². The molecule has 0 radical (unpaired) electrons. The molecular weight excluding hydrogens is 915 g/mol. The lowest BCUT2D eigenvalue weighted by atomic mass is 9.96. The first-order valence-electron chi connectivity index (χ1n) is 27.3. The molecule has 3 aliphatic rings. The van der Waals surface area contributed by atoms with E-state index >= 15 is 0 Å². The maximum absolute atomic E-state index is 12.4. The van der Waals surface area contributed by atoms with Gasteiger partial charge in [-0.1, -0.05) is 174 Å². The number of hydrogen-bond acceptors (Lipinski definition) is 18. The Labute approximate surface area is 417 Å². The van der Waals surface area contributed by atoms with E-state index in [0.29, 0.717) is 6.42 Å². The van der Waals surface area contributed by atoms with Gasteiger partial charge in [0.25, 0.3) is 0 Å². The van der Waals surface area contributed by atoms with Crippen molar-refractivity contribution in [2.45, 2.75) is 291 Å². The van der Waals surface area contributed by atoms with Crippen molar-refractivity contribution in [3.05, 3.63) is 0 Å². The Morgan fingerprint density at radius 2 is 0.800 bits per heavy atom. The minimum atomic E-state index is -1.96. The molecule has 3 heterocycles. The van der Waals surface area contributed by atoms with Crippen molar-refractivity contribution in [1.82, 2.24) is 5.32 Å². The van der Waals surface area contributed by atoms with E-state index in [0.717, 1.165) is 25.7 Å². The van der Waals surface area contributed by atoms with E-state index in [1.807, 2.05) is 0 Å². The first-order chi connectivity index (χ1) is 33.8. The molecule has 0 saturated carbocycles. The molecule has 19 nitrogen and oxygen atoms in total. The molecule has 0 aromatic rings. The van der Waals surface area contributed by atoms with Crippen molar-refractivity contribution < 1.29 is 89.4 Å². The zero-order chi connectivity index (χ0) is 51.3. The second-order valence-electron chi connectivity index (χ2n) is 20.0. The van der Waals surface area contributed by atoms with Crippen LogP contribution in [0.15, 0.2) is 0 Å². The molecule has 3 saturated heterocycles. The monoisotopic (exact) mass is 1010 g/mol. The quantitative estimate of drug-likeness (QED) is 0.0394. The Morgan fingerprint density at radius 1 is 0.457 bits per heavy atom. The van der Waals surface area contributed by atoms with Crippen LogP contribution in [0.5, 0.6) is 0 Å². The second kappa shape index (κ2) is 36.7. The van der Waals surface area contributed by atoms with Gasteiger partial charge in [-0.05, 0) is 6.42 Å². The lowest BCUT2D eigenvalue weighted by molar-refractivity contribution is -0.379. The summed E-state index contributed by atoms with van der Waals surface area (Å²) in [5, 5.41) is 119. The van der Waals surface area contributed by atoms with Gasteiger partial charge in [0.05, 0.1) is 38.6 Å². The molecule has 0 bridgehead atoms. The van der Waals surface area contributed by atoms with Crippen LogP contribution >= 0.6 is 0 Å². The highest BCUT2D eigenvalue weighted by Crippen LogP contribution is 2.33. The van der Waals surface area contributed by atoms with Crippen LogP contribution in [0.1, 0.15) is 187 Å². The third-order valence-corrected chi connectivity index (χ3v) is 14.2. The molecule has 0 spiro atoms. The number of hydrogen-bond donors (Lipinski definition) is 12. The lowest BCUT2D eigenvalue weighted by Gasteiger charge is -2.48. The van der Waals surface area contributed by atoms with Crippen LogP contribution in [0.25, 0.3) is 0 Å². The van der Waals surface area contributed by atoms with Crippen LogP contribution < -0.4 is 5.32 Å². The molecule has 17 atom stereocenters. The van der Waals surface area contributed by atoms with Crippen molar-refractivity contribution in [1.29, 1.82) is 0 Å². The van der Waals surface area contributed by atoms with Crippen LogP contribution in [0.2, 0.25) is 0 Å². The average Bonchev–Trinajstić information content (AvgIpc) is 3.36. The summed E-state index contributed by atoms with van der Waals surface area (Å²) in [6.45, 7) is 1.23. The molecule has 17 unspecified atom stereocenters. The molecule has 0 aromatic carbocycles. The van der Waals surface area contributed by atoms with Crippen LogP contribution in [-0.2, 0) is 33.2 Å². The third-order valence-electron chi connectivity index (χ3n) is 14.2. The van der Waals surface area contributed by atoms with Crippen LogP contribution in [0, 0.1) is 0 Å². The lowest BCUT2D eigenvalue weighted by Crippen LogP contribution is -2.66. The van der Waals surface area contributed by atoms with Gasteiger partial charge in [-0.2, -0.15) is 0 Å². The van der Waals surface area contributed by atoms with Crippen molar-refractivity contribution in [3.63, 3.8) is 0 Å². The van der Waals surface area contributed by atoms with Gasteiger partial charge in [-0.3, -0.25) is 4.79 Å². The van der Waals surface area contributed by atoms with Gasteiger partial charge in [0.15, 0.2) is 18.9 Å². The smallest absolute Gasteiger partial charge is 0.220 e. The summed E-state index contributed by atoms with van der Waals surface area (Å²) < 4.78 is 33.8. The number of amides is 1. The van der Waals surface area contributed by atoms with Crippen LogP contribution in [0.4, 0.5) is 0 Å². The van der Waals surface area contributed by atoms with Gasteiger partial charge in [0, 0.05) is 6.42 Å². The predicted octanol–water partition coefficient (Wildman–Crippen LogP) is 2.87. The normalized spacial score (nSPS) is 32.5. The van der Waals surface area contributed by atoms with E-state index in [-0.39, 0.29) is 18.9 Å². The average molecular weight is 1010 g/mol. The maximum atomic E-state index is 12.4. The van der Waals surface area contributed by atoms with E-state index in [2.05, 4.69) is 12.2 Å². The Kier molecular flexibility index (Phi) is 33.1. The van der Waals surface area contributed by atoms with Gasteiger partial charge in [0.1, 0.15) is 73.2 Å². The first kappa shape index (κ1) is 63.1. The standard InChI is InChI=1S/C51H97NO18/c1-3-5-6-7-8-9-10-11-12-13-14-15-16-17-18-19-20-21-22-23-24-25-26-27-28-29-35(56)34(52-39(57)4-2)33-65-49-45(63)42(60)47(37(31-54)67-49)70-51-46(64)43(61)48(38(32-55)68-51)69-50-44(62)41(59)40(58)36(30-53)66-50/h34-38,40-51,53-56,58-64H,3-33H2,1-2H3,(H,52,57). The maximum Gasteiger partial charge on any atom is 0.220 e. The van der Waals surface area contributed by atoms with Gasteiger partial charge in [-0.25, -0.2) is 0 Å². The molecule has 0 aliphatic carbocycles. The fourth-order valence-electron chi connectivity index (χ4n) is 9.63. The SMILES string of the molecule is CCCCCCCCCCCCCCCCCCCCCCCCCCCC(O)C(COC1OC(CO)C(OC2OC(CO)C(OC3OC(CO)C(O)C(O)C3O)C(O)C2O)C(O)C1O)NC(=O)CC. The number of aliphatic hydroxyl groups excluding tert-OH is 11. The highest BCUT2D eigenvalue weighted by Gasteiger charge is 2.53. The molecule has 1 amide bonds. The van der Waals surface area contributed by atoms with E-state index in [1.54, 1.807) is 6.92 Å². The molecule has 0 aromatic heterocycles. The molecule has 3 rings (SSSR count). The molecule has 19 heteroatoms. The second-order valence-corrected chi connectivity index (χ2v) is 20.0. The molecule has 12 N–H and O–H groups in total. The predicted molar refractivity (Wildman–Crippen MR) is 259 cm³/mol. The van der Waals surface area contributed by atoms with Gasteiger partial charge in [0.2, 0.25) is 5.91 Å². The zero-order valence-corrected chi connectivity index (χ0v) is 42.5. The van der Waals surface area contributed by atoms with Crippen molar-refractivity contribution in [2.24, 2.45) is 0 Å². The third kappa shape index (κ3) is 21.9. The van der Waals surface area contributed by atoms with Crippen LogP contribution in [0.3, 0.4) is 0 Å². The Hall–Kier alpha value is -1.21. The minimum Gasteiger partial charge on any atom is -0.394 e. The molecule has 3 aliphatic heterocycles. The number of carbonyl (C=O) groups excluding carboxylic acids is 1. The molecule has 3 fully saturated rings. The van der Waals surface area contributed by atoms with Gasteiger partial charge >= 0.3 is 0 Å². The number of rotatable bonds is 39. The molecule has 414 valence electrons. The largest absolute Gasteiger partial charge is 0.394 e. The van der Waals surface area contributed by atoms with E-state index in [9.17, 15) is 61.0 Å². The van der Waals surface area contributed by atoms with E-state index < -0.39 is 124 Å². The Morgan fingerprint density at radius 3 is 1.19 bits per heavy atom. The van der Waals surface area contributed by atoms with Crippen molar-refractivity contribution in [3.8, 4) is 0 Å². The van der Waals surface area contributed by atoms with Gasteiger partial charge < -0.3 is 89.9 Å². The number of nitrogens with one attached hydrogen (secondary N) is 1. The number of unbranched alkanes of at least 4 members (excludes halogenated alkanes) is 24. The highest BCUT2D eigenvalue weighted by atomic mass is 16.8. The summed E-state index contributed by atoms with van der Waals surface area (Å²) >= 11 is 0. The molecule has 70 heavy (non-hydrogen) atoms. The van der Waals surface area contributed by atoms with Crippen LogP contribution in [-0.4, -0.2) is 193 Å². The van der Waals surface area contributed by atoms with E-state index in [4.69, 9.17) is 28.4 Å². The highest BCUT2D eigenvalue weighted by molar-refractivity contribution is 5.75. The minimum absolute atomic E-state index is 0.150. The summed E-state index contributed by atoms with van der Waals surface area (Å²) in [5.74, 6) is -0.329. The summed E-state index contributed by atoms with van der Waals surface area (Å²) in [6, 6.07) is -0.878. The van der Waals surface area contributed by atoms with Crippen molar-refractivity contribution in [2.75, 3.05) is 26.4 Å². The Bertz CT molecular complexity index is 1300. The Balaban J connectivity index is 1.31. The summed E-state index contributed by atoms with van der Waals surface area (Å²) in [7, 11) is 0. The summed E-state index contributed by atoms with van der Waals surface area (Å²) in [4.78, 5) is 12.4. The molecular formula is C51H97NO18.